The van der Waals surface area contributed by atoms with Crippen LogP contribution in [-0.4, -0.2) is 95.8 Å². The van der Waals surface area contributed by atoms with E-state index in [1.54, 1.807) is 40.6 Å². The van der Waals surface area contributed by atoms with Crippen LogP contribution in [0.15, 0.2) is 82.8 Å². The van der Waals surface area contributed by atoms with E-state index in [0.29, 0.717) is 37.4 Å². The second kappa shape index (κ2) is 21.3. The Hall–Kier alpha value is -5.26. The highest BCUT2D eigenvalue weighted by atomic mass is 32.2. The summed E-state index contributed by atoms with van der Waals surface area (Å²) in [5.41, 5.74) is 0.108. The zero-order valence-electron chi connectivity index (χ0n) is 31.8. The SMILES string of the molecule is CSc1cccc(Oc2ncc(F)cc2C(=O)NC2CCN(C(=O)CNC(C)=O)CC2)c1.CSc1cccc(Oc2ncc(F)cc2C(=O)NC2CCNCC2)c1. The Morgan fingerprint density at radius 3 is 1.68 bits per heavy atom. The lowest BCUT2D eigenvalue weighted by molar-refractivity contribution is -0.133. The molecule has 57 heavy (non-hydrogen) atoms. The number of thioether (sulfide) groups is 2. The van der Waals surface area contributed by atoms with E-state index in [1.807, 2.05) is 48.9 Å². The first-order valence-electron chi connectivity index (χ1n) is 18.3. The lowest BCUT2D eigenvalue weighted by Crippen LogP contribution is -2.48. The summed E-state index contributed by atoms with van der Waals surface area (Å²) in [4.78, 5) is 60.1. The minimum atomic E-state index is -0.640. The number of nitrogens with one attached hydrogen (secondary N) is 4. The van der Waals surface area contributed by atoms with Gasteiger partial charge in [-0.25, -0.2) is 18.7 Å². The molecule has 0 bridgehead atoms. The maximum absolute atomic E-state index is 13.8. The number of amides is 4. The van der Waals surface area contributed by atoms with Gasteiger partial charge in [0.15, 0.2) is 0 Å². The first kappa shape index (κ1) is 42.9. The van der Waals surface area contributed by atoms with Gasteiger partial charge in [-0.3, -0.25) is 19.2 Å². The van der Waals surface area contributed by atoms with Crippen LogP contribution in [0.5, 0.6) is 23.3 Å². The van der Waals surface area contributed by atoms with Gasteiger partial charge in [-0.2, -0.15) is 0 Å². The minimum absolute atomic E-state index is 0.00344. The van der Waals surface area contributed by atoms with Crippen LogP contribution >= 0.6 is 23.5 Å². The van der Waals surface area contributed by atoms with Crippen LogP contribution in [0.1, 0.15) is 53.3 Å². The van der Waals surface area contributed by atoms with Gasteiger partial charge in [0.05, 0.1) is 18.9 Å². The Kier molecular flexibility index (Phi) is 16.0. The van der Waals surface area contributed by atoms with Gasteiger partial charge in [0.1, 0.15) is 34.3 Å². The van der Waals surface area contributed by atoms with Gasteiger partial charge in [-0.1, -0.05) is 12.1 Å². The second-order valence-corrected chi connectivity index (χ2v) is 14.9. The number of carbonyl (C=O) groups excluding carboxylic acids is 4. The van der Waals surface area contributed by atoms with Crippen molar-refractivity contribution in [3.8, 4) is 23.3 Å². The molecule has 0 saturated carbocycles. The summed E-state index contributed by atoms with van der Waals surface area (Å²) in [5, 5.41) is 11.6. The molecule has 4 aromatic rings. The number of benzene rings is 2. The molecule has 6 rings (SSSR count). The summed E-state index contributed by atoms with van der Waals surface area (Å²) in [6.07, 6.45) is 8.75. The van der Waals surface area contributed by atoms with Gasteiger partial charge in [-0.15, -0.1) is 23.5 Å². The van der Waals surface area contributed by atoms with Crippen LogP contribution in [0.4, 0.5) is 8.78 Å². The smallest absolute Gasteiger partial charge is 0.257 e. The maximum Gasteiger partial charge on any atom is 0.257 e. The molecule has 17 heteroatoms. The van der Waals surface area contributed by atoms with Gasteiger partial charge in [0, 0.05) is 41.9 Å². The quantitative estimate of drug-likeness (QED) is 0.128. The molecule has 4 amide bonds. The van der Waals surface area contributed by atoms with Crippen molar-refractivity contribution in [2.24, 2.45) is 0 Å². The van der Waals surface area contributed by atoms with Crippen molar-refractivity contribution in [3.63, 3.8) is 0 Å². The molecule has 0 radical (unpaired) electrons. The standard InChI is InChI=1S/C22H25FN4O4S.C18H20FN3O2S/c1-14(28)24-13-20(29)27-8-6-16(7-9-27)26-21(30)19-10-15(23)12-25-22(19)31-17-4-3-5-18(11-17)32-2;1-25-15-4-2-3-14(10-15)24-18-16(9-12(19)11-21-18)17(23)22-13-5-7-20-8-6-13/h3-5,10-12,16H,6-9,13H2,1-2H3,(H,24,28)(H,26,30);2-4,9-11,13,20H,5-8H2,1H3,(H,22,23). The van der Waals surface area contributed by atoms with Crippen LogP contribution < -0.4 is 30.7 Å². The van der Waals surface area contributed by atoms with E-state index in [1.165, 1.54) is 6.92 Å². The number of aromatic nitrogens is 2. The first-order chi connectivity index (χ1) is 27.5. The van der Waals surface area contributed by atoms with Gasteiger partial charge < -0.3 is 35.6 Å². The molecule has 2 aromatic heterocycles. The maximum atomic E-state index is 13.8. The van der Waals surface area contributed by atoms with Gasteiger partial charge in [0.25, 0.3) is 11.8 Å². The van der Waals surface area contributed by atoms with Gasteiger partial charge >= 0.3 is 0 Å². The van der Waals surface area contributed by atoms with E-state index in [4.69, 9.17) is 9.47 Å². The number of ether oxygens (including phenoxy) is 2. The third-order valence-corrected chi connectivity index (χ3v) is 10.4. The molecular formula is C40H45F2N7O6S2. The number of hydrogen-bond donors (Lipinski definition) is 4. The summed E-state index contributed by atoms with van der Waals surface area (Å²) in [6, 6.07) is 16.9. The molecule has 2 aliphatic rings. The fourth-order valence-electron chi connectivity index (χ4n) is 5.97. The topological polar surface area (TPSA) is 164 Å². The molecule has 2 fully saturated rings. The summed E-state index contributed by atoms with van der Waals surface area (Å²) >= 11 is 3.13. The molecule has 4 N–H and O–H groups in total. The summed E-state index contributed by atoms with van der Waals surface area (Å²) in [7, 11) is 0. The zero-order chi connectivity index (χ0) is 40.7. The van der Waals surface area contributed by atoms with E-state index in [9.17, 15) is 28.0 Å². The highest BCUT2D eigenvalue weighted by Crippen LogP contribution is 2.29. The van der Waals surface area contributed by atoms with E-state index < -0.39 is 17.5 Å². The molecule has 2 aromatic carbocycles. The monoisotopic (exact) mass is 821 g/mol. The number of halogens is 2. The van der Waals surface area contributed by atoms with Crippen molar-refractivity contribution < 1.29 is 37.4 Å². The van der Waals surface area contributed by atoms with E-state index in [2.05, 4.69) is 31.2 Å². The lowest BCUT2D eigenvalue weighted by Gasteiger charge is -2.32. The molecule has 13 nitrogen and oxygen atoms in total. The van der Waals surface area contributed by atoms with Crippen molar-refractivity contribution in [3.05, 3.63) is 95.8 Å². The Morgan fingerprint density at radius 2 is 1.23 bits per heavy atom. The van der Waals surface area contributed by atoms with E-state index in [0.717, 1.165) is 60.2 Å². The van der Waals surface area contributed by atoms with Gasteiger partial charge in [-0.05, 0) is 99.8 Å². The second-order valence-electron chi connectivity index (χ2n) is 13.1. The molecule has 0 aliphatic carbocycles. The van der Waals surface area contributed by atoms with E-state index in [-0.39, 0.29) is 59.2 Å². The van der Waals surface area contributed by atoms with Crippen molar-refractivity contribution >= 4 is 47.2 Å². The van der Waals surface area contributed by atoms with Crippen molar-refractivity contribution in [1.82, 2.24) is 36.1 Å². The van der Waals surface area contributed by atoms with Crippen molar-refractivity contribution in [2.75, 3.05) is 45.2 Å². The van der Waals surface area contributed by atoms with Crippen LogP contribution in [0.2, 0.25) is 0 Å². The van der Waals surface area contributed by atoms with Crippen LogP contribution in [0.25, 0.3) is 0 Å². The largest absolute Gasteiger partial charge is 0.438 e. The average Bonchev–Trinajstić information content (AvgIpc) is 3.22. The third kappa shape index (κ3) is 13.2. The number of piperidine rings is 2. The fourth-order valence-corrected chi connectivity index (χ4v) is 6.87. The molecule has 0 atom stereocenters. The average molecular weight is 822 g/mol. The Balaban J connectivity index is 0.000000224. The first-order valence-corrected chi connectivity index (χ1v) is 20.8. The predicted octanol–water partition coefficient (Wildman–Crippen LogP) is 5.81. The Morgan fingerprint density at radius 1 is 0.754 bits per heavy atom. The number of nitrogens with zero attached hydrogens (tertiary/aromatic N) is 3. The molecule has 2 saturated heterocycles. The number of carbonyl (C=O) groups is 4. The summed E-state index contributed by atoms with van der Waals surface area (Å²) < 4.78 is 39.0. The zero-order valence-corrected chi connectivity index (χ0v) is 33.4. The lowest BCUT2D eigenvalue weighted by atomic mass is 10.0. The van der Waals surface area contributed by atoms with Crippen LogP contribution in [0, 0.1) is 11.6 Å². The number of hydrogen-bond acceptors (Lipinski definition) is 11. The number of pyridine rings is 2. The van der Waals surface area contributed by atoms with E-state index >= 15 is 0 Å². The van der Waals surface area contributed by atoms with Crippen LogP contribution in [0.3, 0.4) is 0 Å². The van der Waals surface area contributed by atoms with Crippen LogP contribution in [-0.2, 0) is 9.59 Å². The molecule has 0 spiro atoms. The van der Waals surface area contributed by atoms with Gasteiger partial charge in [0.2, 0.25) is 23.6 Å². The highest BCUT2D eigenvalue weighted by molar-refractivity contribution is 7.98. The third-order valence-electron chi connectivity index (χ3n) is 8.98. The predicted molar refractivity (Wildman–Crippen MR) is 214 cm³/mol. The fraction of sp³-hybridized carbons (Fsp3) is 0.350. The normalized spacial score (nSPS) is 14.4. The van der Waals surface area contributed by atoms with Crippen molar-refractivity contribution in [2.45, 2.75) is 54.5 Å². The Bertz CT molecular complexity index is 2030. The molecule has 302 valence electrons. The number of rotatable bonds is 12. The molecule has 4 heterocycles. The summed E-state index contributed by atoms with van der Waals surface area (Å²) in [6.45, 7) is 3.94. The molecule has 2 aliphatic heterocycles. The summed E-state index contributed by atoms with van der Waals surface area (Å²) in [5.74, 6) is -1.32. The Labute approximate surface area is 338 Å². The minimum Gasteiger partial charge on any atom is -0.438 e. The molecular weight excluding hydrogens is 777 g/mol. The van der Waals surface area contributed by atoms with Crippen molar-refractivity contribution in [1.29, 1.82) is 0 Å². The molecule has 0 unspecified atom stereocenters. The highest BCUT2D eigenvalue weighted by Gasteiger charge is 2.26. The number of likely N-dealkylation sites (tertiary alicyclic amines) is 1.